The van der Waals surface area contributed by atoms with Crippen molar-refractivity contribution in [2.45, 2.75) is 4.90 Å². The van der Waals surface area contributed by atoms with Gasteiger partial charge in [0.05, 0.1) is 5.56 Å². The second-order valence-electron chi connectivity index (χ2n) is 6.90. The number of hydrogen-bond donors (Lipinski definition) is 1. The third-order valence-corrected chi connectivity index (χ3v) is 5.66. The van der Waals surface area contributed by atoms with Gasteiger partial charge < -0.3 is 0 Å². The summed E-state index contributed by atoms with van der Waals surface area (Å²) in [5, 5.41) is 9.08. The van der Waals surface area contributed by atoms with Crippen molar-refractivity contribution >= 4 is 10.0 Å². The number of benzene rings is 2. The molecule has 164 valence electrons. The van der Waals surface area contributed by atoms with Gasteiger partial charge in [0.2, 0.25) is 10.0 Å². The fourth-order valence-corrected chi connectivity index (χ4v) is 4.00. The maximum atomic E-state index is 15.6. The van der Waals surface area contributed by atoms with Gasteiger partial charge in [-0.15, -0.1) is 0 Å². The Morgan fingerprint density at radius 1 is 0.906 bits per heavy atom. The molecule has 0 saturated carbocycles. The Kier molecular flexibility index (Phi) is 5.31. The molecule has 0 saturated heterocycles. The molecule has 2 N–H and O–H groups in total. The summed E-state index contributed by atoms with van der Waals surface area (Å²) in [5.74, 6) is -4.86. The number of nitrogens with zero attached hydrogens (tertiary/aromatic N) is 3. The van der Waals surface area contributed by atoms with Gasteiger partial charge in [0, 0.05) is 42.3 Å². The Morgan fingerprint density at radius 2 is 1.59 bits per heavy atom. The third kappa shape index (κ3) is 3.76. The van der Waals surface area contributed by atoms with Gasteiger partial charge in [0.15, 0.2) is 5.82 Å². The van der Waals surface area contributed by atoms with Crippen molar-refractivity contribution in [1.29, 1.82) is 0 Å². The van der Waals surface area contributed by atoms with Gasteiger partial charge in [-0.3, -0.25) is 9.67 Å². The molecule has 0 bridgehead atoms. The number of pyridine rings is 1. The first-order valence-corrected chi connectivity index (χ1v) is 10.6. The zero-order valence-electron chi connectivity index (χ0n) is 16.4. The Morgan fingerprint density at radius 3 is 2.25 bits per heavy atom. The summed E-state index contributed by atoms with van der Waals surface area (Å²) in [7, 11) is -3.09. The average Bonchev–Trinajstić information content (AvgIpc) is 3.11. The van der Waals surface area contributed by atoms with Crippen LogP contribution in [0, 0.1) is 23.3 Å². The number of aryl methyl sites for hydroxylation is 1. The lowest BCUT2D eigenvalue weighted by Crippen LogP contribution is -2.15. The van der Waals surface area contributed by atoms with Crippen molar-refractivity contribution in [3.05, 3.63) is 78.3 Å². The van der Waals surface area contributed by atoms with E-state index in [1.54, 1.807) is 19.2 Å². The van der Waals surface area contributed by atoms with E-state index in [1.165, 1.54) is 23.3 Å². The summed E-state index contributed by atoms with van der Waals surface area (Å²) >= 11 is 0. The van der Waals surface area contributed by atoms with E-state index in [4.69, 9.17) is 5.14 Å². The maximum absolute atomic E-state index is 15.6. The second kappa shape index (κ2) is 7.84. The van der Waals surface area contributed by atoms with E-state index in [2.05, 4.69) is 10.1 Å². The number of nitrogens with two attached hydrogens (primary N) is 1. The van der Waals surface area contributed by atoms with Crippen LogP contribution >= 0.6 is 0 Å². The topological polar surface area (TPSA) is 90.9 Å². The quantitative estimate of drug-likeness (QED) is 0.464. The third-order valence-electron chi connectivity index (χ3n) is 4.75. The summed E-state index contributed by atoms with van der Waals surface area (Å²) in [6.07, 6.45) is 4.52. The smallest absolute Gasteiger partial charge is 0.241 e. The van der Waals surface area contributed by atoms with Crippen molar-refractivity contribution in [2.24, 2.45) is 12.2 Å². The second-order valence-corrected chi connectivity index (χ2v) is 8.43. The van der Waals surface area contributed by atoms with E-state index in [-0.39, 0.29) is 5.69 Å². The standard InChI is InChI=1S/C21H14F4N4O2S/c1-29-10-15(11-4-6-27-7-5-11)21(28-29)18-16(23)3-2-13(20(18)25)14-8-12(22)9-17(19(14)24)32(26,30)31/h2-10H,1H3,(H2,26,30,31). The Balaban J connectivity index is 2.00. The van der Waals surface area contributed by atoms with Gasteiger partial charge in [-0.25, -0.2) is 31.1 Å². The predicted molar refractivity (Wildman–Crippen MR) is 109 cm³/mol. The molecule has 0 aliphatic rings. The summed E-state index contributed by atoms with van der Waals surface area (Å²) in [6, 6.07) is 5.96. The molecule has 4 aromatic rings. The van der Waals surface area contributed by atoms with Crippen molar-refractivity contribution in [3.63, 3.8) is 0 Å². The molecule has 0 atom stereocenters. The maximum Gasteiger partial charge on any atom is 0.241 e. The summed E-state index contributed by atoms with van der Waals surface area (Å²) in [6.45, 7) is 0. The van der Waals surface area contributed by atoms with Crippen LogP contribution in [0.3, 0.4) is 0 Å². The minimum Gasteiger partial charge on any atom is -0.275 e. The molecule has 11 heteroatoms. The molecular weight excluding hydrogens is 448 g/mol. The van der Waals surface area contributed by atoms with Gasteiger partial charge in [-0.1, -0.05) is 0 Å². The van der Waals surface area contributed by atoms with Crippen LogP contribution in [0.25, 0.3) is 33.5 Å². The van der Waals surface area contributed by atoms with E-state index in [1.807, 2.05) is 0 Å². The molecule has 0 amide bonds. The fraction of sp³-hybridized carbons (Fsp3) is 0.0476. The van der Waals surface area contributed by atoms with Crippen molar-refractivity contribution in [1.82, 2.24) is 14.8 Å². The Hall–Kier alpha value is -3.57. The van der Waals surface area contributed by atoms with Gasteiger partial charge in [0.1, 0.15) is 28.0 Å². The molecule has 0 radical (unpaired) electrons. The lowest BCUT2D eigenvalue weighted by Gasteiger charge is -2.12. The molecule has 0 aliphatic carbocycles. The first-order valence-electron chi connectivity index (χ1n) is 9.02. The highest BCUT2D eigenvalue weighted by atomic mass is 32.2. The molecule has 0 fully saturated rings. The van der Waals surface area contributed by atoms with Crippen LogP contribution in [0.2, 0.25) is 0 Å². The van der Waals surface area contributed by atoms with Crippen LogP contribution in [0.1, 0.15) is 0 Å². The molecule has 32 heavy (non-hydrogen) atoms. The minimum absolute atomic E-state index is 0.0842. The van der Waals surface area contributed by atoms with E-state index in [0.29, 0.717) is 23.3 Å². The van der Waals surface area contributed by atoms with Crippen LogP contribution in [-0.2, 0) is 17.1 Å². The molecule has 0 unspecified atom stereocenters. The molecule has 0 aliphatic heterocycles. The fourth-order valence-electron chi connectivity index (χ4n) is 3.36. The normalized spacial score (nSPS) is 11.7. The number of hydrogen-bond acceptors (Lipinski definition) is 4. The number of primary sulfonamides is 1. The summed E-state index contributed by atoms with van der Waals surface area (Å²) < 4.78 is 83.9. The number of halogens is 4. The molecular formula is C21H14F4N4O2S. The van der Waals surface area contributed by atoms with Crippen LogP contribution in [0.5, 0.6) is 0 Å². The highest BCUT2D eigenvalue weighted by molar-refractivity contribution is 7.89. The highest BCUT2D eigenvalue weighted by Crippen LogP contribution is 2.39. The van der Waals surface area contributed by atoms with Crippen molar-refractivity contribution in [3.8, 4) is 33.5 Å². The van der Waals surface area contributed by atoms with Crippen LogP contribution in [-0.4, -0.2) is 23.2 Å². The zero-order chi connectivity index (χ0) is 23.2. The molecule has 4 rings (SSSR count). The molecule has 0 spiro atoms. The Bertz CT molecular complexity index is 1450. The summed E-state index contributed by atoms with van der Waals surface area (Å²) in [4.78, 5) is 2.76. The number of sulfonamides is 1. The van der Waals surface area contributed by atoms with Gasteiger partial charge in [-0.05, 0) is 42.0 Å². The van der Waals surface area contributed by atoms with Crippen LogP contribution in [0.15, 0.2) is 59.9 Å². The minimum atomic E-state index is -4.64. The van der Waals surface area contributed by atoms with Crippen molar-refractivity contribution < 1.29 is 26.0 Å². The van der Waals surface area contributed by atoms with Gasteiger partial charge >= 0.3 is 0 Å². The van der Waals surface area contributed by atoms with Crippen LogP contribution in [0.4, 0.5) is 17.6 Å². The van der Waals surface area contributed by atoms with E-state index < -0.39 is 54.9 Å². The molecule has 2 aromatic heterocycles. The van der Waals surface area contributed by atoms with E-state index in [9.17, 15) is 21.6 Å². The lowest BCUT2D eigenvalue weighted by atomic mass is 9.96. The predicted octanol–water partition coefficient (Wildman–Crippen LogP) is 4.02. The van der Waals surface area contributed by atoms with Gasteiger partial charge in [-0.2, -0.15) is 5.10 Å². The first kappa shape index (κ1) is 21.7. The average molecular weight is 462 g/mol. The summed E-state index contributed by atoms with van der Waals surface area (Å²) in [5.41, 5.74) is -1.02. The monoisotopic (exact) mass is 462 g/mol. The zero-order valence-corrected chi connectivity index (χ0v) is 17.2. The largest absolute Gasteiger partial charge is 0.275 e. The van der Waals surface area contributed by atoms with E-state index >= 15 is 4.39 Å². The lowest BCUT2D eigenvalue weighted by molar-refractivity contribution is 0.553. The molecule has 2 aromatic carbocycles. The molecule has 2 heterocycles. The highest BCUT2D eigenvalue weighted by Gasteiger charge is 2.26. The number of rotatable bonds is 4. The number of aromatic nitrogens is 3. The van der Waals surface area contributed by atoms with Gasteiger partial charge in [0.25, 0.3) is 0 Å². The Labute approximate surface area is 180 Å². The first-order chi connectivity index (χ1) is 15.1. The molecule has 6 nitrogen and oxygen atoms in total. The van der Waals surface area contributed by atoms with Crippen molar-refractivity contribution in [2.75, 3.05) is 0 Å². The SMILES string of the molecule is Cn1cc(-c2ccncc2)c(-c2c(F)ccc(-c3cc(F)cc(S(N)(=O)=O)c3F)c2F)n1. The van der Waals surface area contributed by atoms with Crippen LogP contribution < -0.4 is 5.14 Å². The van der Waals surface area contributed by atoms with E-state index in [0.717, 1.165) is 12.1 Å².